The summed E-state index contributed by atoms with van der Waals surface area (Å²) in [6, 6.07) is 2.94. The van der Waals surface area contributed by atoms with Gasteiger partial charge in [-0.2, -0.15) is 0 Å². The molecule has 2 atom stereocenters. The van der Waals surface area contributed by atoms with Crippen LogP contribution >= 0.6 is 11.3 Å². The van der Waals surface area contributed by atoms with Crippen molar-refractivity contribution in [3.05, 3.63) is 68.4 Å². The molecule has 38 heavy (non-hydrogen) atoms. The summed E-state index contributed by atoms with van der Waals surface area (Å²) >= 11 is 1.15. The van der Waals surface area contributed by atoms with Crippen molar-refractivity contribution in [1.29, 1.82) is 0 Å². The molecule has 1 aliphatic heterocycles. The van der Waals surface area contributed by atoms with Crippen LogP contribution in [0.4, 0.5) is 4.39 Å². The summed E-state index contributed by atoms with van der Waals surface area (Å²) in [4.78, 5) is 45.2. The Balaban J connectivity index is 1.76. The average molecular weight is 545 g/mol. The Morgan fingerprint density at radius 2 is 2.16 bits per heavy atom. The molecule has 0 spiro atoms. The number of rotatable bonds is 9. The standard InChI is InChI=1S/C25H25FN4O7S/c1-13-19-23(33)30(16-5-6-27-21(16)32)25(34)29(24(19)38-20(13)22-28-7-9-37-22)12-18(36-10-8-31)15-11-14(26)3-4-17(15)35-2/h3-4,7,9,11,16,18,31H,5-6,8,10,12H2,1-2H3,(H,27,32)/t16-,18+/m1/s1. The van der Waals surface area contributed by atoms with Crippen LogP contribution in [0.15, 0.2) is 44.7 Å². The molecule has 1 amide bonds. The normalized spacial score (nSPS) is 16.2. The largest absolute Gasteiger partial charge is 0.496 e. The Hall–Kier alpha value is -3.81. The minimum Gasteiger partial charge on any atom is -0.496 e. The van der Waals surface area contributed by atoms with Crippen LogP contribution in [0.25, 0.3) is 21.0 Å². The van der Waals surface area contributed by atoms with E-state index in [0.29, 0.717) is 33.1 Å². The zero-order chi connectivity index (χ0) is 27.0. The number of nitrogens with one attached hydrogen (secondary N) is 1. The topological polar surface area (TPSA) is 138 Å². The SMILES string of the molecule is COc1ccc(F)cc1[C@H](Cn1c(=O)n([C@@H]2CCNC2=O)c(=O)c2c(C)c(-c3ncco3)sc21)OCCO. The number of amides is 1. The number of ether oxygens (including phenoxy) is 2. The first-order valence-electron chi connectivity index (χ1n) is 11.9. The molecular weight excluding hydrogens is 519 g/mol. The van der Waals surface area contributed by atoms with Crippen molar-refractivity contribution in [3.63, 3.8) is 0 Å². The van der Waals surface area contributed by atoms with Crippen LogP contribution in [0, 0.1) is 12.7 Å². The molecule has 0 bridgehead atoms. The summed E-state index contributed by atoms with van der Waals surface area (Å²) < 4.78 is 33.3. The van der Waals surface area contributed by atoms with Crippen LogP contribution in [0.3, 0.4) is 0 Å². The molecule has 0 saturated carbocycles. The summed E-state index contributed by atoms with van der Waals surface area (Å²) in [7, 11) is 1.42. The predicted molar refractivity (Wildman–Crippen MR) is 136 cm³/mol. The van der Waals surface area contributed by atoms with Gasteiger partial charge in [0.2, 0.25) is 11.8 Å². The van der Waals surface area contributed by atoms with Crippen LogP contribution < -0.4 is 21.3 Å². The second-order valence-electron chi connectivity index (χ2n) is 8.71. The molecule has 4 aromatic rings. The molecule has 1 fully saturated rings. The lowest BCUT2D eigenvalue weighted by Gasteiger charge is -2.23. The van der Waals surface area contributed by atoms with E-state index in [-0.39, 0.29) is 37.5 Å². The van der Waals surface area contributed by atoms with Gasteiger partial charge in [0, 0.05) is 12.1 Å². The van der Waals surface area contributed by atoms with E-state index in [1.807, 2.05) is 0 Å². The predicted octanol–water partition coefficient (Wildman–Crippen LogP) is 2.15. The molecule has 5 rings (SSSR count). The highest BCUT2D eigenvalue weighted by Crippen LogP contribution is 2.37. The summed E-state index contributed by atoms with van der Waals surface area (Å²) in [5, 5.41) is 12.3. The van der Waals surface area contributed by atoms with Gasteiger partial charge < -0.3 is 24.3 Å². The number of fused-ring (bicyclic) bond motifs is 1. The van der Waals surface area contributed by atoms with E-state index in [4.69, 9.17) is 13.9 Å². The first-order valence-corrected chi connectivity index (χ1v) is 12.7. The Morgan fingerprint density at radius 3 is 2.82 bits per heavy atom. The van der Waals surface area contributed by atoms with E-state index < -0.39 is 35.1 Å². The zero-order valence-corrected chi connectivity index (χ0v) is 21.4. The van der Waals surface area contributed by atoms with Gasteiger partial charge >= 0.3 is 5.69 Å². The number of aliphatic hydroxyl groups excluding tert-OH is 1. The first kappa shape index (κ1) is 25.8. The van der Waals surface area contributed by atoms with Gasteiger partial charge in [-0.3, -0.25) is 14.2 Å². The number of aliphatic hydroxyl groups is 1. The fourth-order valence-corrected chi connectivity index (χ4v) is 5.97. The molecule has 0 radical (unpaired) electrons. The smallest absolute Gasteiger partial charge is 0.332 e. The van der Waals surface area contributed by atoms with Gasteiger partial charge in [-0.25, -0.2) is 18.7 Å². The van der Waals surface area contributed by atoms with Crippen LogP contribution in [0.1, 0.15) is 29.7 Å². The van der Waals surface area contributed by atoms with Gasteiger partial charge in [-0.05, 0) is 37.1 Å². The fourth-order valence-electron chi connectivity index (χ4n) is 4.73. The number of carbonyl (C=O) groups excluding carboxylic acids is 1. The number of hydrogen-bond donors (Lipinski definition) is 2. The minimum absolute atomic E-state index is 0.0993. The van der Waals surface area contributed by atoms with Gasteiger partial charge in [0.1, 0.15) is 34.8 Å². The first-order chi connectivity index (χ1) is 18.3. The number of methoxy groups -OCH3 is 1. The van der Waals surface area contributed by atoms with Crippen molar-refractivity contribution in [3.8, 4) is 16.5 Å². The number of nitrogens with zero attached hydrogens (tertiary/aromatic N) is 3. The summed E-state index contributed by atoms with van der Waals surface area (Å²) in [5.41, 5.74) is -0.433. The lowest BCUT2D eigenvalue weighted by molar-refractivity contribution is -0.122. The van der Waals surface area contributed by atoms with Crippen LogP contribution in [-0.4, -0.2) is 52.0 Å². The highest BCUT2D eigenvalue weighted by Gasteiger charge is 2.33. The molecule has 13 heteroatoms. The Morgan fingerprint density at radius 1 is 1.34 bits per heavy atom. The van der Waals surface area contributed by atoms with E-state index in [1.54, 1.807) is 6.92 Å². The third-order valence-electron chi connectivity index (χ3n) is 6.50. The van der Waals surface area contributed by atoms with Crippen molar-refractivity contribution in [2.45, 2.75) is 32.0 Å². The molecule has 1 aliphatic rings. The van der Waals surface area contributed by atoms with Gasteiger partial charge in [0.25, 0.3) is 5.56 Å². The highest BCUT2D eigenvalue weighted by atomic mass is 32.1. The second kappa shape index (κ2) is 10.5. The third kappa shape index (κ3) is 4.42. The van der Waals surface area contributed by atoms with E-state index in [1.165, 1.54) is 42.3 Å². The highest BCUT2D eigenvalue weighted by molar-refractivity contribution is 7.22. The molecular formula is C25H25FN4O7S. The molecule has 0 aliphatic carbocycles. The molecule has 3 aromatic heterocycles. The summed E-state index contributed by atoms with van der Waals surface area (Å²) in [6.45, 7) is 1.49. The number of carbonyl (C=O) groups is 1. The lowest BCUT2D eigenvalue weighted by atomic mass is 10.1. The van der Waals surface area contributed by atoms with Gasteiger partial charge in [-0.15, -0.1) is 11.3 Å². The quantitative estimate of drug-likeness (QED) is 0.327. The number of hydrogen-bond acceptors (Lipinski definition) is 9. The van der Waals surface area contributed by atoms with Crippen molar-refractivity contribution in [1.82, 2.24) is 19.4 Å². The fraction of sp³-hybridized carbons (Fsp3) is 0.360. The van der Waals surface area contributed by atoms with Crippen LogP contribution in [-0.2, 0) is 16.1 Å². The van der Waals surface area contributed by atoms with Gasteiger partial charge in [0.05, 0.1) is 43.3 Å². The maximum absolute atomic E-state index is 14.3. The third-order valence-corrected chi connectivity index (χ3v) is 7.80. The average Bonchev–Trinajstić information content (AvgIpc) is 3.65. The number of thiophene rings is 1. The Kier molecular flexibility index (Phi) is 7.15. The number of oxazole rings is 1. The maximum Gasteiger partial charge on any atom is 0.332 e. The van der Waals surface area contributed by atoms with E-state index in [9.17, 15) is 23.9 Å². The van der Waals surface area contributed by atoms with E-state index >= 15 is 0 Å². The maximum atomic E-state index is 14.3. The number of halogens is 1. The molecule has 200 valence electrons. The zero-order valence-electron chi connectivity index (χ0n) is 20.6. The minimum atomic E-state index is -0.976. The molecule has 11 nitrogen and oxygen atoms in total. The monoisotopic (exact) mass is 544 g/mol. The van der Waals surface area contributed by atoms with Gasteiger partial charge in [0.15, 0.2) is 0 Å². The Labute approximate surface area is 219 Å². The summed E-state index contributed by atoms with van der Waals surface area (Å²) in [6.07, 6.45) is 2.21. The van der Waals surface area contributed by atoms with Crippen LogP contribution in [0.2, 0.25) is 0 Å². The van der Waals surface area contributed by atoms with E-state index in [0.717, 1.165) is 15.9 Å². The molecule has 4 heterocycles. The van der Waals surface area contributed by atoms with Gasteiger partial charge in [-0.1, -0.05) is 0 Å². The van der Waals surface area contributed by atoms with E-state index in [2.05, 4.69) is 10.3 Å². The van der Waals surface area contributed by atoms with Crippen molar-refractivity contribution in [2.75, 3.05) is 26.9 Å². The number of aryl methyl sites for hydroxylation is 1. The van der Waals surface area contributed by atoms with Crippen molar-refractivity contribution in [2.24, 2.45) is 0 Å². The molecule has 0 unspecified atom stereocenters. The molecule has 1 aromatic carbocycles. The Bertz CT molecular complexity index is 1610. The van der Waals surface area contributed by atoms with Crippen LogP contribution in [0.5, 0.6) is 5.75 Å². The summed E-state index contributed by atoms with van der Waals surface area (Å²) in [5.74, 6) is -0.352. The van der Waals surface area contributed by atoms with Crippen molar-refractivity contribution >= 4 is 27.5 Å². The second-order valence-corrected chi connectivity index (χ2v) is 9.71. The number of aromatic nitrogens is 3. The lowest BCUT2D eigenvalue weighted by Crippen LogP contribution is -2.44. The van der Waals surface area contributed by atoms with Crippen molar-refractivity contribution < 1.29 is 28.2 Å². The molecule has 1 saturated heterocycles. The molecule has 2 N–H and O–H groups in total. The number of benzene rings is 1.